The highest BCUT2D eigenvalue weighted by Crippen LogP contribution is 2.40. The van der Waals surface area contributed by atoms with Crippen LogP contribution in [0.15, 0.2) is 77.5 Å². The van der Waals surface area contributed by atoms with Crippen LogP contribution in [0, 0.1) is 0 Å². The normalized spacial score (nSPS) is 14.6. The van der Waals surface area contributed by atoms with Crippen LogP contribution in [0.25, 0.3) is 33.8 Å². The van der Waals surface area contributed by atoms with Crippen LogP contribution >= 0.6 is 11.6 Å². The summed E-state index contributed by atoms with van der Waals surface area (Å²) in [6.45, 7) is 4.23. The molecule has 6 heteroatoms. The summed E-state index contributed by atoms with van der Waals surface area (Å²) in [5.41, 5.74) is 5.00. The highest BCUT2D eigenvalue weighted by molar-refractivity contribution is 6.32. The Morgan fingerprint density at radius 1 is 0.844 bits per heavy atom. The fourth-order valence-electron chi connectivity index (χ4n) is 4.04. The third kappa shape index (κ3) is 4.09. The lowest BCUT2D eigenvalue weighted by molar-refractivity contribution is 0.313. The molecule has 0 atom stereocenters. The number of rotatable bonds is 4. The van der Waals surface area contributed by atoms with Crippen LogP contribution < -0.4 is 4.90 Å². The van der Waals surface area contributed by atoms with Crippen LogP contribution in [0.1, 0.15) is 0 Å². The van der Waals surface area contributed by atoms with Gasteiger partial charge in [-0.15, -0.1) is 0 Å². The highest BCUT2D eigenvalue weighted by atomic mass is 35.5. The Kier molecular flexibility index (Phi) is 5.60. The quantitative estimate of drug-likeness (QED) is 0.431. The minimum Gasteiger partial charge on any atom is -0.506 e. The molecule has 32 heavy (non-hydrogen) atoms. The summed E-state index contributed by atoms with van der Waals surface area (Å²) in [6.07, 6.45) is 3.53. The van der Waals surface area contributed by atoms with Crippen LogP contribution in [0.5, 0.6) is 5.75 Å². The van der Waals surface area contributed by atoms with Gasteiger partial charge in [0, 0.05) is 61.0 Å². The van der Waals surface area contributed by atoms with Gasteiger partial charge >= 0.3 is 0 Å². The van der Waals surface area contributed by atoms with Gasteiger partial charge in [0.05, 0.1) is 5.02 Å². The maximum Gasteiger partial charge on any atom is 0.142 e. The van der Waals surface area contributed by atoms with E-state index < -0.39 is 0 Å². The van der Waals surface area contributed by atoms with Gasteiger partial charge in [-0.1, -0.05) is 11.6 Å². The van der Waals surface area contributed by atoms with Gasteiger partial charge in [0.25, 0.3) is 0 Å². The highest BCUT2D eigenvalue weighted by Gasteiger charge is 2.18. The summed E-state index contributed by atoms with van der Waals surface area (Å²) in [5, 5.41) is 10.1. The van der Waals surface area contributed by atoms with E-state index in [-0.39, 0.29) is 10.8 Å². The largest absolute Gasteiger partial charge is 0.506 e. The molecule has 0 bridgehead atoms. The van der Waals surface area contributed by atoms with Gasteiger partial charge in [-0.05, 0) is 73.3 Å². The second-order valence-electron chi connectivity index (χ2n) is 8.09. The van der Waals surface area contributed by atoms with E-state index in [1.807, 2.05) is 18.2 Å². The van der Waals surface area contributed by atoms with Crippen LogP contribution in [-0.4, -0.2) is 48.2 Å². The number of piperazine rings is 1. The lowest BCUT2D eigenvalue weighted by Gasteiger charge is -2.34. The molecule has 0 radical (unpaired) electrons. The van der Waals surface area contributed by atoms with E-state index in [0.717, 1.165) is 54.2 Å². The van der Waals surface area contributed by atoms with E-state index >= 15 is 0 Å². The number of aromatic nitrogens is 1. The molecule has 1 aliphatic rings. The molecule has 0 unspecified atom stereocenters. The number of hydrogen-bond donors (Lipinski definition) is 1. The standard InChI is InChI=1S/C26H24ClN3O2/c1-29-12-14-30(15-13-29)21-5-2-19(3-6-21)25-17-22(18-8-10-28-11-9-18)26(32-25)20-4-7-24(31)23(27)16-20/h2-11,16-17,31H,12-15H2,1H3. The smallest absolute Gasteiger partial charge is 0.142 e. The third-order valence-corrected chi connectivity index (χ3v) is 6.26. The van der Waals surface area contributed by atoms with Crippen LogP contribution in [0.2, 0.25) is 5.02 Å². The number of phenolic OH excluding ortho intramolecular Hbond substituents is 1. The maximum atomic E-state index is 9.83. The first-order chi connectivity index (χ1) is 15.6. The first-order valence-corrected chi connectivity index (χ1v) is 11.0. The Bertz CT molecular complexity index is 1210. The molecule has 4 aromatic rings. The van der Waals surface area contributed by atoms with Crippen molar-refractivity contribution in [3.05, 3.63) is 78.1 Å². The molecule has 1 aliphatic heterocycles. The number of furan rings is 1. The molecule has 3 heterocycles. The van der Waals surface area contributed by atoms with Crippen molar-refractivity contribution in [1.82, 2.24) is 9.88 Å². The first-order valence-electron chi connectivity index (χ1n) is 10.7. The molecule has 1 saturated heterocycles. The lowest BCUT2D eigenvalue weighted by atomic mass is 10.0. The molecule has 1 fully saturated rings. The second-order valence-corrected chi connectivity index (χ2v) is 8.50. The van der Waals surface area contributed by atoms with Gasteiger partial charge in [0.15, 0.2) is 0 Å². The van der Waals surface area contributed by atoms with Crippen molar-refractivity contribution in [2.45, 2.75) is 0 Å². The monoisotopic (exact) mass is 445 g/mol. The minimum atomic E-state index is 0.0483. The average Bonchev–Trinajstić information content (AvgIpc) is 3.28. The van der Waals surface area contributed by atoms with Crippen molar-refractivity contribution < 1.29 is 9.52 Å². The van der Waals surface area contributed by atoms with E-state index in [0.29, 0.717) is 5.76 Å². The van der Waals surface area contributed by atoms with Crippen molar-refractivity contribution in [3.63, 3.8) is 0 Å². The number of benzene rings is 2. The summed E-state index contributed by atoms with van der Waals surface area (Å²) in [7, 11) is 2.16. The molecule has 0 saturated carbocycles. The van der Waals surface area contributed by atoms with E-state index in [1.165, 1.54) is 5.69 Å². The number of phenols is 1. The van der Waals surface area contributed by atoms with Gasteiger partial charge < -0.3 is 19.3 Å². The summed E-state index contributed by atoms with van der Waals surface area (Å²) in [5.74, 6) is 1.53. The van der Waals surface area contributed by atoms with Crippen LogP contribution in [-0.2, 0) is 0 Å². The van der Waals surface area contributed by atoms with Gasteiger partial charge in [0.1, 0.15) is 17.3 Å². The second kappa shape index (κ2) is 8.69. The molecular weight excluding hydrogens is 422 g/mol. The van der Waals surface area contributed by atoms with Gasteiger partial charge in [-0.2, -0.15) is 0 Å². The molecule has 0 amide bonds. The molecule has 162 valence electrons. The number of aromatic hydroxyl groups is 1. The molecule has 0 aliphatic carbocycles. The zero-order valence-electron chi connectivity index (χ0n) is 17.8. The molecular formula is C26H24ClN3O2. The van der Waals surface area contributed by atoms with Crippen molar-refractivity contribution >= 4 is 17.3 Å². The minimum absolute atomic E-state index is 0.0483. The van der Waals surface area contributed by atoms with E-state index in [4.69, 9.17) is 16.0 Å². The van der Waals surface area contributed by atoms with Gasteiger partial charge in [0.2, 0.25) is 0 Å². The molecule has 5 nitrogen and oxygen atoms in total. The van der Waals surface area contributed by atoms with E-state index in [2.05, 4.69) is 52.2 Å². The SMILES string of the molecule is CN1CCN(c2ccc(-c3cc(-c4ccncc4)c(-c4ccc(O)c(Cl)c4)o3)cc2)CC1. The van der Waals surface area contributed by atoms with Crippen molar-refractivity contribution in [2.24, 2.45) is 0 Å². The predicted molar refractivity (Wildman–Crippen MR) is 129 cm³/mol. The van der Waals surface area contributed by atoms with Crippen LogP contribution in [0.3, 0.4) is 0 Å². The number of likely N-dealkylation sites (N-methyl/N-ethyl adjacent to an activating group) is 1. The number of halogens is 1. The third-order valence-electron chi connectivity index (χ3n) is 5.95. The van der Waals surface area contributed by atoms with Crippen molar-refractivity contribution in [2.75, 3.05) is 38.1 Å². The number of nitrogens with zero attached hydrogens (tertiary/aromatic N) is 3. The zero-order valence-corrected chi connectivity index (χ0v) is 18.6. The zero-order chi connectivity index (χ0) is 22.1. The van der Waals surface area contributed by atoms with Gasteiger partial charge in [-0.25, -0.2) is 0 Å². The van der Waals surface area contributed by atoms with E-state index in [9.17, 15) is 5.11 Å². The first kappa shape index (κ1) is 20.6. The number of pyridine rings is 1. The summed E-state index contributed by atoms with van der Waals surface area (Å²) in [6, 6.07) is 19.6. The van der Waals surface area contributed by atoms with Crippen molar-refractivity contribution in [1.29, 1.82) is 0 Å². The Balaban J connectivity index is 1.52. The number of hydrogen-bond acceptors (Lipinski definition) is 5. The fraction of sp³-hybridized carbons (Fsp3) is 0.192. The molecule has 0 spiro atoms. The molecule has 2 aromatic carbocycles. The van der Waals surface area contributed by atoms with E-state index in [1.54, 1.807) is 24.5 Å². The Morgan fingerprint density at radius 2 is 1.53 bits per heavy atom. The lowest BCUT2D eigenvalue weighted by Crippen LogP contribution is -2.44. The average molecular weight is 446 g/mol. The summed E-state index contributed by atoms with van der Waals surface area (Å²) in [4.78, 5) is 8.90. The Hall–Kier alpha value is -3.28. The van der Waals surface area contributed by atoms with Crippen molar-refractivity contribution in [3.8, 4) is 39.5 Å². The summed E-state index contributed by atoms with van der Waals surface area (Å²) < 4.78 is 6.35. The predicted octanol–water partition coefficient (Wildman–Crippen LogP) is 5.79. The fourth-order valence-corrected chi connectivity index (χ4v) is 4.22. The molecule has 2 aromatic heterocycles. The summed E-state index contributed by atoms with van der Waals surface area (Å²) >= 11 is 6.18. The molecule has 1 N–H and O–H groups in total. The number of anilines is 1. The topological polar surface area (TPSA) is 52.7 Å². The Labute approximate surface area is 192 Å². The maximum absolute atomic E-state index is 9.83. The molecule has 5 rings (SSSR count). The van der Waals surface area contributed by atoms with Gasteiger partial charge in [-0.3, -0.25) is 4.98 Å². The Morgan fingerprint density at radius 3 is 2.22 bits per heavy atom. The van der Waals surface area contributed by atoms with Crippen LogP contribution in [0.4, 0.5) is 5.69 Å².